The lowest BCUT2D eigenvalue weighted by Gasteiger charge is -2.19. The number of nitrogens with one attached hydrogen (secondary N) is 2. The Morgan fingerprint density at radius 1 is 0.966 bits per heavy atom. The van der Waals surface area contributed by atoms with Crippen molar-refractivity contribution in [3.05, 3.63) is 59.7 Å². The van der Waals surface area contributed by atoms with Crippen LogP contribution in [0.15, 0.2) is 53.5 Å². The molecule has 2 aromatic carbocycles. The van der Waals surface area contributed by atoms with Crippen molar-refractivity contribution in [2.75, 3.05) is 27.3 Å². The van der Waals surface area contributed by atoms with Gasteiger partial charge in [0, 0.05) is 13.7 Å². The Balaban J connectivity index is 0.00000420. The van der Waals surface area contributed by atoms with Gasteiger partial charge in [-0.3, -0.25) is 0 Å². The summed E-state index contributed by atoms with van der Waals surface area (Å²) in [6.07, 6.45) is -0.0547. The predicted molar refractivity (Wildman–Crippen MR) is 128 cm³/mol. The molecule has 0 heterocycles. The highest BCUT2D eigenvalue weighted by Gasteiger charge is 2.09. The fourth-order valence-corrected chi connectivity index (χ4v) is 2.73. The lowest BCUT2D eigenvalue weighted by atomic mass is 10.1. The molecule has 29 heavy (non-hydrogen) atoms. The van der Waals surface area contributed by atoms with Gasteiger partial charge >= 0.3 is 0 Å². The molecule has 7 heteroatoms. The van der Waals surface area contributed by atoms with E-state index in [-0.39, 0.29) is 30.1 Å². The average Bonchev–Trinajstić information content (AvgIpc) is 2.71. The average molecular weight is 513 g/mol. The molecule has 0 aliphatic heterocycles. The molecule has 0 bridgehead atoms. The van der Waals surface area contributed by atoms with Crippen LogP contribution in [0.3, 0.4) is 0 Å². The summed E-state index contributed by atoms with van der Waals surface area (Å²) in [6.45, 7) is 6.62. The molecule has 2 aromatic rings. The fourth-order valence-electron chi connectivity index (χ4n) is 2.73. The Labute approximate surface area is 191 Å². The minimum Gasteiger partial charge on any atom is -0.493 e. The highest BCUT2D eigenvalue weighted by molar-refractivity contribution is 14.0. The Morgan fingerprint density at radius 3 is 2.28 bits per heavy atom. The van der Waals surface area contributed by atoms with Crippen molar-refractivity contribution in [3.63, 3.8) is 0 Å². The molecule has 2 rings (SSSR count). The summed E-state index contributed by atoms with van der Waals surface area (Å²) in [5.41, 5.74) is 2.30. The Morgan fingerprint density at radius 2 is 1.62 bits per heavy atom. The Bertz CT molecular complexity index is 756. The molecule has 0 aliphatic rings. The van der Waals surface area contributed by atoms with Crippen molar-refractivity contribution in [3.8, 4) is 11.5 Å². The van der Waals surface area contributed by atoms with Gasteiger partial charge in [0.1, 0.15) is 6.10 Å². The van der Waals surface area contributed by atoms with E-state index in [1.54, 1.807) is 14.2 Å². The van der Waals surface area contributed by atoms with E-state index < -0.39 is 0 Å². The van der Waals surface area contributed by atoms with Gasteiger partial charge in [0.15, 0.2) is 17.5 Å². The number of halogens is 1. The molecule has 0 saturated heterocycles. The molecule has 0 saturated carbocycles. The summed E-state index contributed by atoms with van der Waals surface area (Å²) >= 11 is 0. The normalized spacial score (nSPS) is 11.9. The van der Waals surface area contributed by atoms with E-state index in [0.717, 1.165) is 35.1 Å². The van der Waals surface area contributed by atoms with E-state index in [1.165, 1.54) is 0 Å². The topological polar surface area (TPSA) is 64.1 Å². The molecule has 1 unspecified atom stereocenters. The van der Waals surface area contributed by atoms with E-state index in [4.69, 9.17) is 19.2 Å². The fraction of sp³-hybridized carbons (Fsp3) is 0.409. The summed E-state index contributed by atoms with van der Waals surface area (Å²) in [5, 5.41) is 6.62. The van der Waals surface area contributed by atoms with Crippen molar-refractivity contribution in [1.82, 2.24) is 10.6 Å². The van der Waals surface area contributed by atoms with Gasteiger partial charge in [0.2, 0.25) is 0 Å². The van der Waals surface area contributed by atoms with Crippen LogP contribution in [-0.4, -0.2) is 39.4 Å². The second kappa shape index (κ2) is 14.1. The molecule has 0 aliphatic carbocycles. The summed E-state index contributed by atoms with van der Waals surface area (Å²) in [5.74, 6) is 2.21. The third-order valence-electron chi connectivity index (χ3n) is 4.12. The molecule has 0 radical (unpaired) electrons. The number of nitrogens with zero attached hydrogens (tertiary/aromatic N) is 1. The Kier molecular flexibility index (Phi) is 12.1. The van der Waals surface area contributed by atoms with Crippen molar-refractivity contribution in [1.29, 1.82) is 0 Å². The first kappa shape index (κ1) is 25.0. The van der Waals surface area contributed by atoms with E-state index in [2.05, 4.69) is 22.8 Å². The van der Waals surface area contributed by atoms with Gasteiger partial charge in [0.25, 0.3) is 0 Å². The van der Waals surface area contributed by atoms with Crippen molar-refractivity contribution in [2.45, 2.75) is 33.1 Å². The number of hydrogen-bond donors (Lipinski definition) is 2. The first-order chi connectivity index (χ1) is 13.7. The zero-order valence-corrected chi connectivity index (χ0v) is 19.9. The third kappa shape index (κ3) is 8.49. The largest absolute Gasteiger partial charge is 0.493 e. The number of hydrogen-bond acceptors (Lipinski definition) is 4. The van der Waals surface area contributed by atoms with E-state index in [0.29, 0.717) is 19.7 Å². The first-order valence-corrected chi connectivity index (χ1v) is 9.55. The van der Waals surface area contributed by atoms with Crippen LogP contribution >= 0.6 is 24.0 Å². The van der Waals surface area contributed by atoms with Crippen LogP contribution in [0.25, 0.3) is 0 Å². The van der Waals surface area contributed by atoms with Crippen LogP contribution in [0.4, 0.5) is 0 Å². The van der Waals surface area contributed by atoms with E-state index in [1.807, 2.05) is 50.2 Å². The predicted octanol–water partition coefficient (Wildman–Crippen LogP) is 3.98. The zero-order chi connectivity index (χ0) is 20.2. The summed E-state index contributed by atoms with van der Waals surface area (Å²) in [7, 11) is 3.34. The van der Waals surface area contributed by atoms with Crippen LogP contribution < -0.4 is 20.1 Å². The lowest BCUT2D eigenvalue weighted by Crippen LogP contribution is -2.41. The van der Waals surface area contributed by atoms with Gasteiger partial charge in [0.05, 0.1) is 26.8 Å². The maximum Gasteiger partial charge on any atom is 0.191 e. The van der Waals surface area contributed by atoms with Crippen molar-refractivity contribution in [2.24, 2.45) is 4.99 Å². The Hall–Kier alpha value is -2.00. The molecule has 0 spiro atoms. The quantitative estimate of drug-likeness (QED) is 0.286. The molecular weight excluding hydrogens is 481 g/mol. The van der Waals surface area contributed by atoms with Gasteiger partial charge < -0.3 is 24.8 Å². The van der Waals surface area contributed by atoms with Crippen molar-refractivity contribution >= 4 is 29.9 Å². The molecule has 0 amide bonds. The smallest absolute Gasteiger partial charge is 0.191 e. The zero-order valence-electron chi connectivity index (χ0n) is 17.6. The molecule has 0 fully saturated rings. The number of ether oxygens (including phenoxy) is 3. The van der Waals surface area contributed by atoms with Crippen LogP contribution in [0.1, 0.15) is 25.0 Å². The lowest BCUT2D eigenvalue weighted by molar-refractivity contribution is 0.184. The number of guanidine groups is 1. The van der Waals surface area contributed by atoms with E-state index in [9.17, 15) is 0 Å². The number of aliphatic imine (C=N–C) groups is 1. The van der Waals surface area contributed by atoms with Gasteiger partial charge in [-0.25, -0.2) is 4.99 Å². The van der Waals surface area contributed by atoms with Gasteiger partial charge in [-0.05, 0) is 37.1 Å². The standard InChI is InChI=1S/C22H31N3O3.HI/c1-5-23-22(25-15-18-10-6-7-11-19(18)16-26-3)24-14-17(2)28-21-13-9-8-12-20(21)27-4;/h6-13,17H,5,14-16H2,1-4H3,(H2,23,24,25);1H. The van der Waals surface area contributed by atoms with Crippen molar-refractivity contribution < 1.29 is 14.2 Å². The van der Waals surface area contributed by atoms with Gasteiger partial charge in [-0.15, -0.1) is 24.0 Å². The number of methoxy groups -OCH3 is 2. The van der Waals surface area contributed by atoms with Gasteiger partial charge in [-0.2, -0.15) is 0 Å². The monoisotopic (exact) mass is 513 g/mol. The summed E-state index contributed by atoms with van der Waals surface area (Å²) in [6, 6.07) is 15.8. The highest BCUT2D eigenvalue weighted by Crippen LogP contribution is 2.26. The number of para-hydroxylation sites is 2. The maximum atomic E-state index is 5.99. The molecule has 2 N–H and O–H groups in total. The highest BCUT2D eigenvalue weighted by atomic mass is 127. The first-order valence-electron chi connectivity index (χ1n) is 9.55. The number of benzene rings is 2. The summed E-state index contributed by atoms with van der Waals surface area (Å²) < 4.78 is 16.6. The molecule has 0 aromatic heterocycles. The molecule has 6 nitrogen and oxygen atoms in total. The SMILES string of the molecule is CCNC(=NCc1ccccc1COC)NCC(C)Oc1ccccc1OC.I. The molecule has 160 valence electrons. The van der Waals surface area contributed by atoms with Gasteiger partial charge in [-0.1, -0.05) is 36.4 Å². The van der Waals surface area contributed by atoms with E-state index >= 15 is 0 Å². The van der Waals surface area contributed by atoms with Crippen LogP contribution in [0, 0.1) is 0 Å². The molecular formula is C22H32IN3O3. The van der Waals surface area contributed by atoms with Crippen LogP contribution in [-0.2, 0) is 17.9 Å². The van der Waals surface area contributed by atoms with Crippen LogP contribution in [0.2, 0.25) is 0 Å². The second-order valence-electron chi connectivity index (χ2n) is 6.36. The molecule has 1 atom stereocenters. The second-order valence-corrected chi connectivity index (χ2v) is 6.36. The minimum absolute atomic E-state index is 0. The number of rotatable bonds is 10. The summed E-state index contributed by atoms with van der Waals surface area (Å²) in [4.78, 5) is 4.70. The third-order valence-corrected chi connectivity index (χ3v) is 4.12. The maximum absolute atomic E-state index is 5.99. The van der Waals surface area contributed by atoms with Crippen LogP contribution in [0.5, 0.6) is 11.5 Å². The minimum atomic E-state index is -0.0547.